The van der Waals surface area contributed by atoms with Gasteiger partial charge >= 0.3 is 0 Å². The van der Waals surface area contributed by atoms with E-state index in [1.165, 1.54) is 0 Å². The second kappa shape index (κ2) is 9.83. The fourth-order valence-electron chi connectivity index (χ4n) is 4.59. The highest BCUT2D eigenvalue weighted by Crippen LogP contribution is 2.24. The van der Waals surface area contributed by atoms with E-state index in [1.807, 2.05) is 32.9 Å². The molecule has 1 unspecified atom stereocenters. The molecule has 1 atom stereocenters. The smallest absolute Gasteiger partial charge is 0.289 e. The molecular weight excluding hydrogens is 430 g/mol. The number of benzene rings is 1. The standard InChI is InChI=1S/C26H33N5O3/c1-16(2)12-21(27-25(32)20-14-17(3)13-18(4)15-20)24-29-28-22-6-8-30(9-10-31(22)24)26(33)23-19(5)7-11-34-23/h7,11,13-16,21H,6,8-10,12H2,1-5H3,(H,27,32). The molecule has 34 heavy (non-hydrogen) atoms. The highest BCUT2D eigenvalue weighted by Gasteiger charge is 2.29. The first-order valence-corrected chi connectivity index (χ1v) is 11.9. The number of rotatable bonds is 6. The summed E-state index contributed by atoms with van der Waals surface area (Å²) < 4.78 is 7.48. The van der Waals surface area contributed by atoms with Gasteiger partial charge in [-0.2, -0.15) is 0 Å². The molecular formula is C26H33N5O3. The molecule has 1 aliphatic heterocycles. The van der Waals surface area contributed by atoms with Gasteiger partial charge in [0, 0.05) is 37.2 Å². The van der Waals surface area contributed by atoms with Crippen molar-refractivity contribution in [2.75, 3.05) is 13.1 Å². The Morgan fingerprint density at radius 2 is 1.79 bits per heavy atom. The highest BCUT2D eigenvalue weighted by atomic mass is 16.3. The van der Waals surface area contributed by atoms with Gasteiger partial charge in [0.05, 0.1) is 12.3 Å². The molecule has 2 aromatic heterocycles. The second-order valence-electron chi connectivity index (χ2n) is 9.63. The minimum absolute atomic E-state index is 0.107. The largest absolute Gasteiger partial charge is 0.459 e. The van der Waals surface area contributed by atoms with Crippen LogP contribution in [-0.2, 0) is 13.0 Å². The quantitative estimate of drug-likeness (QED) is 0.596. The number of nitrogens with one attached hydrogen (secondary N) is 1. The van der Waals surface area contributed by atoms with Crippen molar-refractivity contribution in [3.8, 4) is 0 Å². The van der Waals surface area contributed by atoms with Crippen LogP contribution in [0.5, 0.6) is 0 Å². The molecule has 0 spiro atoms. The van der Waals surface area contributed by atoms with Gasteiger partial charge in [-0.25, -0.2) is 0 Å². The highest BCUT2D eigenvalue weighted by molar-refractivity contribution is 5.95. The summed E-state index contributed by atoms with van der Waals surface area (Å²) in [5.41, 5.74) is 3.59. The third-order valence-corrected chi connectivity index (χ3v) is 6.21. The number of furan rings is 1. The van der Waals surface area contributed by atoms with Gasteiger partial charge in [-0.15, -0.1) is 10.2 Å². The Morgan fingerprint density at radius 1 is 1.06 bits per heavy atom. The maximum absolute atomic E-state index is 13.1. The molecule has 0 saturated heterocycles. The molecule has 8 heteroatoms. The lowest BCUT2D eigenvalue weighted by molar-refractivity contribution is 0.0725. The van der Waals surface area contributed by atoms with E-state index < -0.39 is 0 Å². The minimum atomic E-state index is -0.274. The summed E-state index contributed by atoms with van der Waals surface area (Å²) >= 11 is 0. The van der Waals surface area contributed by atoms with Crippen LogP contribution in [0.3, 0.4) is 0 Å². The van der Waals surface area contributed by atoms with Crippen LogP contribution < -0.4 is 5.32 Å². The number of hydrogen-bond donors (Lipinski definition) is 1. The van der Waals surface area contributed by atoms with Crippen LogP contribution in [0.1, 0.15) is 75.6 Å². The molecule has 8 nitrogen and oxygen atoms in total. The molecule has 0 fully saturated rings. The van der Waals surface area contributed by atoms with Crippen LogP contribution in [-0.4, -0.2) is 44.6 Å². The molecule has 0 saturated carbocycles. The van der Waals surface area contributed by atoms with E-state index in [-0.39, 0.29) is 17.9 Å². The van der Waals surface area contributed by atoms with E-state index >= 15 is 0 Å². The summed E-state index contributed by atoms with van der Waals surface area (Å²) in [6.45, 7) is 11.7. The van der Waals surface area contributed by atoms with E-state index in [1.54, 1.807) is 17.2 Å². The van der Waals surface area contributed by atoms with Gasteiger partial charge in [-0.1, -0.05) is 31.0 Å². The van der Waals surface area contributed by atoms with E-state index in [2.05, 4.69) is 40.0 Å². The van der Waals surface area contributed by atoms with Gasteiger partial charge in [0.1, 0.15) is 5.82 Å². The Labute approximate surface area is 200 Å². The molecule has 3 aromatic rings. The fraction of sp³-hybridized carbons (Fsp3) is 0.462. The van der Waals surface area contributed by atoms with Crippen molar-refractivity contribution in [2.24, 2.45) is 5.92 Å². The minimum Gasteiger partial charge on any atom is -0.459 e. The van der Waals surface area contributed by atoms with Crippen LogP contribution in [0.4, 0.5) is 0 Å². The summed E-state index contributed by atoms with van der Waals surface area (Å²) in [6, 6.07) is 7.38. The van der Waals surface area contributed by atoms with E-state index in [0.29, 0.717) is 43.3 Å². The summed E-state index contributed by atoms with van der Waals surface area (Å²) in [7, 11) is 0. The van der Waals surface area contributed by atoms with Gasteiger partial charge < -0.3 is 19.2 Å². The normalized spacial score (nSPS) is 14.6. The van der Waals surface area contributed by atoms with Crippen LogP contribution in [0.15, 0.2) is 34.9 Å². The monoisotopic (exact) mass is 463 g/mol. The fourth-order valence-corrected chi connectivity index (χ4v) is 4.59. The molecule has 2 amide bonds. The van der Waals surface area contributed by atoms with Crippen molar-refractivity contribution < 1.29 is 14.0 Å². The molecule has 0 bridgehead atoms. The number of fused-ring (bicyclic) bond motifs is 1. The number of hydrogen-bond acceptors (Lipinski definition) is 5. The molecule has 3 heterocycles. The predicted molar refractivity (Wildman–Crippen MR) is 129 cm³/mol. The third-order valence-electron chi connectivity index (χ3n) is 6.21. The summed E-state index contributed by atoms with van der Waals surface area (Å²) in [6.07, 6.45) is 2.88. The maximum atomic E-state index is 13.1. The van der Waals surface area contributed by atoms with Crippen molar-refractivity contribution in [2.45, 2.75) is 60.0 Å². The van der Waals surface area contributed by atoms with Crippen LogP contribution in [0.2, 0.25) is 0 Å². The lowest BCUT2D eigenvalue weighted by Gasteiger charge is -2.22. The van der Waals surface area contributed by atoms with Crippen molar-refractivity contribution in [3.05, 3.63) is 70.2 Å². The average molecular weight is 464 g/mol. The Bertz CT molecular complexity index is 1170. The molecule has 4 rings (SSSR count). The van der Waals surface area contributed by atoms with Crippen molar-refractivity contribution >= 4 is 11.8 Å². The zero-order chi connectivity index (χ0) is 24.4. The van der Waals surface area contributed by atoms with E-state index in [0.717, 1.165) is 34.8 Å². The number of aryl methyl sites for hydroxylation is 3. The van der Waals surface area contributed by atoms with Crippen LogP contribution in [0.25, 0.3) is 0 Å². The Balaban J connectivity index is 1.55. The van der Waals surface area contributed by atoms with Crippen LogP contribution in [0, 0.1) is 26.7 Å². The maximum Gasteiger partial charge on any atom is 0.289 e. The SMILES string of the molecule is Cc1cc(C)cc(C(=O)NC(CC(C)C)c2nnc3n2CCN(C(=O)c2occc2C)CC3)c1. The molecule has 1 N–H and O–H groups in total. The third kappa shape index (κ3) is 5.05. The first-order chi connectivity index (χ1) is 16.2. The van der Waals surface area contributed by atoms with Crippen molar-refractivity contribution in [1.82, 2.24) is 25.0 Å². The number of nitrogens with zero attached hydrogens (tertiary/aromatic N) is 4. The summed E-state index contributed by atoms with van der Waals surface area (Å²) in [5, 5.41) is 12.1. The number of amides is 2. The lowest BCUT2D eigenvalue weighted by Crippen LogP contribution is -2.35. The second-order valence-corrected chi connectivity index (χ2v) is 9.63. The molecule has 180 valence electrons. The first-order valence-electron chi connectivity index (χ1n) is 11.9. The average Bonchev–Trinajstić information content (AvgIpc) is 3.32. The Morgan fingerprint density at radius 3 is 2.44 bits per heavy atom. The van der Waals surface area contributed by atoms with E-state index in [4.69, 9.17) is 4.42 Å². The number of aromatic nitrogens is 3. The molecule has 1 aliphatic rings. The topological polar surface area (TPSA) is 93.3 Å². The Kier molecular flexibility index (Phi) is 6.86. The zero-order valence-corrected chi connectivity index (χ0v) is 20.6. The Hall–Kier alpha value is -3.42. The number of carbonyl (C=O) groups excluding carboxylic acids is 2. The van der Waals surface area contributed by atoms with Crippen molar-refractivity contribution in [1.29, 1.82) is 0 Å². The molecule has 0 aliphatic carbocycles. The van der Waals surface area contributed by atoms with Gasteiger partial charge in [0.2, 0.25) is 0 Å². The van der Waals surface area contributed by atoms with Crippen molar-refractivity contribution in [3.63, 3.8) is 0 Å². The predicted octanol–water partition coefficient (Wildman–Crippen LogP) is 4.01. The molecule has 0 radical (unpaired) electrons. The summed E-state index contributed by atoms with van der Waals surface area (Å²) in [5.74, 6) is 2.08. The summed E-state index contributed by atoms with van der Waals surface area (Å²) in [4.78, 5) is 27.9. The first kappa shape index (κ1) is 23.7. The van der Waals surface area contributed by atoms with Gasteiger partial charge in [-0.3, -0.25) is 9.59 Å². The van der Waals surface area contributed by atoms with Gasteiger partial charge in [0.15, 0.2) is 11.6 Å². The van der Waals surface area contributed by atoms with E-state index in [9.17, 15) is 9.59 Å². The zero-order valence-electron chi connectivity index (χ0n) is 20.6. The number of carbonyl (C=O) groups is 2. The van der Waals surface area contributed by atoms with Gasteiger partial charge in [0.25, 0.3) is 11.8 Å². The van der Waals surface area contributed by atoms with Gasteiger partial charge in [-0.05, 0) is 51.3 Å². The lowest BCUT2D eigenvalue weighted by atomic mass is 10.0. The molecule has 1 aromatic carbocycles. The van der Waals surface area contributed by atoms with Crippen LogP contribution >= 0.6 is 0 Å².